The summed E-state index contributed by atoms with van der Waals surface area (Å²) in [6.45, 7) is 4.11. The number of allylic oxidation sites excluding steroid dienone is 1. The third kappa shape index (κ3) is 3.08. The summed E-state index contributed by atoms with van der Waals surface area (Å²) in [6.07, 6.45) is 1.12. The van der Waals surface area contributed by atoms with E-state index in [-0.39, 0.29) is 17.2 Å². The van der Waals surface area contributed by atoms with Gasteiger partial charge in [-0.2, -0.15) is 0 Å². The molecule has 0 bridgehead atoms. The fourth-order valence-electron chi connectivity index (χ4n) is 4.22. The summed E-state index contributed by atoms with van der Waals surface area (Å²) in [5.41, 5.74) is 2.03. The summed E-state index contributed by atoms with van der Waals surface area (Å²) >= 11 is 0. The minimum atomic E-state index is -0.504. The normalized spacial score (nSPS) is 21.6. The second kappa shape index (κ2) is 7.04. The lowest BCUT2D eigenvalue weighted by Gasteiger charge is -2.45. The van der Waals surface area contributed by atoms with Gasteiger partial charge in [0.2, 0.25) is 5.75 Å². The summed E-state index contributed by atoms with van der Waals surface area (Å²) in [5, 5.41) is 0. The van der Waals surface area contributed by atoms with Gasteiger partial charge in [-0.25, -0.2) is 4.79 Å². The van der Waals surface area contributed by atoms with Crippen LogP contribution in [0.25, 0.3) is 0 Å². The van der Waals surface area contributed by atoms with Gasteiger partial charge < -0.3 is 24.0 Å². The van der Waals surface area contributed by atoms with E-state index < -0.39 is 6.04 Å². The molecule has 2 aliphatic rings. The molecule has 0 saturated heterocycles. The highest BCUT2D eigenvalue weighted by atomic mass is 16.5. The van der Waals surface area contributed by atoms with Crippen molar-refractivity contribution in [2.24, 2.45) is 5.41 Å². The van der Waals surface area contributed by atoms with Gasteiger partial charge in [0.15, 0.2) is 17.3 Å². The number of ether oxygens (including phenoxy) is 3. The van der Waals surface area contributed by atoms with Crippen LogP contribution >= 0.6 is 0 Å². The van der Waals surface area contributed by atoms with E-state index in [0.29, 0.717) is 35.7 Å². The molecule has 152 valence electrons. The number of urea groups is 1. The van der Waals surface area contributed by atoms with Gasteiger partial charge in [0.1, 0.15) is 0 Å². The van der Waals surface area contributed by atoms with E-state index in [1.807, 2.05) is 0 Å². The van der Waals surface area contributed by atoms with Crippen molar-refractivity contribution in [2.45, 2.75) is 32.7 Å². The summed E-state index contributed by atoms with van der Waals surface area (Å²) in [7, 11) is 8.07. The molecule has 7 heteroatoms. The zero-order valence-corrected chi connectivity index (χ0v) is 17.6. The quantitative estimate of drug-likeness (QED) is 0.791. The number of rotatable bonds is 4. The highest BCUT2D eigenvalue weighted by Gasteiger charge is 2.45. The monoisotopic (exact) mass is 388 g/mol. The third-order valence-corrected chi connectivity index (χ3v) is 5.55. The molecule has 1 aliphatic carbocycles. The number of carbonyl (C=O) groups is 2. The molecule has 0 spiro atoms. The molecule has 1 heterocycles. The van der Waals surface area contributed by atoms with Crippen LogP contribution in [-0.2, 0) is 4.79 Å². The molecule has 0 aromatic heterocycles. The molecule has 3 rings (SSSR count). The lowest BCUT2D eigenvalue weighted by atomic mass is 9.72. The number of carbonyl (C=O) groups excluding carboxylic acids is 2. The predicted molar refractivity (Wildman–Crippen MR) is 105 cm³/mol. The lowest BCUT2D eigenvalue weighted by molar-refractivity contribution is -0.119. The number of nitrogens with zero attached hydrogens (tertiary/aromatic N) is 2. The molecule has 0 fully saturated rings. The Morgan fingerprint density at radius 2 is 1.54 bits per heavy atom. The SMILES string of the molecule is COc1cc([C@@H]2C3=C(CC(C)(C)CC3=O)N(C)C(=O)N2C)cc(OC)c1OC. The molecule has 0 saturated carbocycles. The van der Waals surface area contributed by atoms with Gasteiger partial charge in [-0.1, -0.05) is 13.8 Å². The Morgan fingerprint density at radius 1 is 0.964 bits per heavy atom. The second-order valence-corrected chi connectivity index (χ2v) is 8.12. The smallest absolute Gasteiger partial charge is 0.324 e. The Labute approximate surface area is 165 Å². The molecular weight excluding hydrogens is 360 g/mol. The second-order valence-electron chi connectivity index (χ2n) is 8.12. The van der Waals surface area contributed by atoms with E-state index in [1.165, 1.54) is 0 Å². The van der Waals surface area contributed by atoms with E-state index >= 15 is 0 Å². The van der Waals surface area contributed by atoms with Crippen molar-refractivity contribution < 1.29 is 23.8 Å². The summed E-state index contributed by atoms with van der Waals surface area (Å²) in [5.74, 6) is 1.52. The van der Waals surface area contributed by atoms with E-state index in [1.54, 1.807) is 57.4 Å². The van der Waals surface area contributed by atoms with Gasteiger partial charge in [0.25, 0.3) is 0 Å². The summed E-state index contributed by atoms with van der Waals surface area (Å²) < 4.78 is 16.3. The van der Waals surface area contributed by atoms with Crippen LogP contribution in [0.3, 0.4) is 0 Å². The van der Waals surface area contributed by atoms with Crippen molar-refractivity contribution in [3.63, 3.8) is 0 Å². The number of ketones is 1. The van der Waals surface area contributed by atoms with Crippen molar-refractivity contribution >= 4 is 11.8 Å². The van der Waals surface area contributed by atoms with Crippen molar-refractivity contribution in [1.82, 2.24) is 9.80 Å². The molecule has 7 nitrogen and oxygen atoms in total. The Balaban J connectivity index is 2.24. The van der Waals surface area contributed by atoms with Crippen molar-refractivity contribution in [1.29, 1.82) is 0 Å². The largest absolute Gasteiger partial charge is 0.493 e. The predicted octanol–water partition coefficient (Wildman–Crippen LogP) is 3.39. The summed E-state index contributed by atoms with van der Waals surface area (Å²) in [4.78, 5) is 29.3. The number of likely N-dealkylation sites (N-methyl/N-ethyl adjacent to an activating group) is 1. The fourth-order valence-corrected chi connectivity index (χ4v) is 4.22. The zero-order chi connectivity index (χ0) is 20.8. The van der Waals surface area contributed by atoms with Crippen molar-refractivity contribution in [3.8, 4) is 17.2 Å². The maximum absolute atomic E-state index is 13.1. The van der Waals surface area contributed by atoms with Gasteiger partial charge in [0.05, 0.1) is 27.4 Å². The maximum Gasteiger partial charge on any atom is 0.324 e. The maximum atomic E-state index is 13.1. The van der Waals surface area contributed by atoms with Gasteiger partial charge in [-0.15, -0.1) is 0 Å². The molecule has 0 radical (unpaired) electrons. The molecule has 1 aromatic carbocycles. The first-order valence-corrected chi connectivity index (χ1v) is 9.22. The highest BCUT2D eigenvalue weighted by molar-refractivity contribution is 6.01. The highest BCUT2D eigenvalue weighted by Crippen LogP contribution is 2.48. The molecule has 0 unspecified atom stereocenters. The van der Waals surface area contributed by atoms with E-state index in [4.69, 9.17) is 14.2 Å². The van der Waals surface area contributed by atoms with Crippen LogP contribution in [0, 0.1) is 5.41 Å². The topological polar surface area (TPSA) is 68.3 Å². The molecule has 2 amide bonds. The van der Waals surface area contributed by atoms with Crippen LogP contribution in [0.4, 0.5) is 4.79 Å². The van der Waals surface area contributed by atoms with Crippen LogP contribution in [0.2, 0.25) is 0 Å². The van der Waals surface area contributed by atoms with Gasteiger partial charge in [-0.05, 0) is 29.5 Å². The average molecular weight is 388 g/mol. The minimum absolute atomic E-state index is 0.0659. The standard InChI is InChI=1S/C21H28N2O5/c1-21(2)10-13-17(14(24)11-21)18(23(4)20(25)22(13)3)12-8-15(26-5)19(28-7)16(9-12)27-6/h8-9,18H,10-11H2,1-7H3/t18-/m1/s1. The number of hydrogen-bond acceptors (Lipinski definition) is 5. The number of hydrogen-bond donors (Lipinski definition) is 0. The molecule has 0 N–H and O–H groups in total. The van der Waals surface area contributed by atoms with Crippen LogP contribution in [0.1, 0.15) is 38.3 Å². The first-order chi connectivity index (χ1) is 13.1. The molecule has 1 aliphatic heterocycles. The van der Waals surface area contributed by atoms with Crippen LogP contribution in [0.5, 0.6) is 17.2 Å². The molecular formula is C21H28N2O5. The van der Waals surface area contributed by atoms with Crippen LogP contribution < -0.4 is 14.2 Å². The zero-order valence-electron chi connectivity index (χ0n) is 17.6. The van der Waals surface area contributed by atoms with Gasteiger partial charge in [0, 0.05) is 31.8 Å². The lowest BCUT2D eigenvalue weighted by Crippen LogP contribution is -2.50. The Kier molecular flexibility index (Phi) is 5.04. The van der Waals surface area contributed by atoms with E-state index in [0.717, 1.165) is 11.3 Å². The Bertz CT molecular complexity index is 833. The first kappa shape index (κ1) is 20.0. The van der Waals surface area contributed by atoms with Crippen molar-refractivity contribution in [2.75, 3.05) is 35.4 Å². The number of benzene rings is 1. The Morgan fingerprint density at radius 3 is 2.04 bits per heavy atom. The molecule has 28 heavy (non-hydrogen) atoms. The van der Waals surface area contributed by atoms with Crippen LogP contribution in [0.15, 0.2) is 23.4 Å². The van der Waals surface area contributed by atoms with Crippen molar-refractivity contribution in [3.05, 3.63) is 29.0 Å². The van der Waals surface area contributed by atoms with E-state index in [2.05, 4.69) is 13.8 Å². The molecule has 1 atom stereocenters. The van der Waals surface area contributed by atoms with E-state index in [9.17, 15) is 9.59 Å². The number of Topliss-reactive ketones (excluding diaryl/α,β-unsaturated/α-hetero) is 1. The average Bonchev–Trinajstić information content (AvgIpc) is 2.65. The summed E-state index contributed by atoms with van der Waals surface area (Å²) in [6, 6.07) is 2.95. The number of amides is 2. The fraction of sp³-hybridized carbons (Fsp3) is 0.524. The molecule has 1 aromatic rings. The Hall–Kier alpha value is -2.70. The van der Waals surface area contributed by atoms with Gasteiger partial charge >= 0.3 is 6.03 Å². The minimum Gasteiger partial charge on any atom is -0.493 e. The first-order valence-electron chi connectivity index (χ1n) is 9.22. The van der Waals surface area contributed by atoms with Gasteiger partial charge in [-0.3, -0.25) is 4.79 Å². The third-order valence-electron chi connectivity index (χ3n) is 5.55. The number of methoxy groups -OCH3 is 3. The van der Waals surface area contributed by atoms with Crippen LogP contribution in [-0.4, -0.2) is 57.0 Å².